The van der Waals surface area contributed by atoms with Gasteiger partial charge in [-0.05, 0) is 90.6 Å². The molecule has 2 unspecified atom stereocenters. The Morgan fingerprint density at radius 3 is 2.41 bits per heavy atom. The van der Waals surface area contributed by atoms with E-state index in [1.54, 1.807) is 0 Å². The second kappa shape index (κ2) is 6.59. The highest BCUT2D eigenvalue weighted by Gasteiger charge is 2.43. The third-order valence-corrected chi connectivity index (χ3v) is 7.27. The molecule has 1 aromatic heterocycles. The first kappa shape index (κ1) is 18.9. The Hall–Kier alpha value is -1.39. The number of likely N-dealkylation sites (tertiary alicyclic amines) is 1. The maximum Gasteiger partial charge on any atom is 0.0923 e. The number of hydrogen-bond donors (Lipinski definition) is 1. The normalized spacial score (nSPS) is 29.3. The molecule has 4 heteroatoms. The number of fused-ring (bicyclic) bond motifs is 1. The van der Waals surface area contributed by atoms with Crippen LogP contribution in [0.2, 0.25) is 0 Å². The van der Waals surface area contributed by atoms with Crippen molar-refractivity contribution in [3.63, 3.8) is 0 Å². The highest BCUT2D eigenvalue weighted by Crippen LogP contribution is 2.42. The van der Waals surface area contributed by atoms with E-state index >= 15 is 0 Å². The third-order valence-electron chi connectivity index (χ3n) is 7.27. The van der Waals surface area contributed by atoms with Gasteiger partial charge in [-0.2, -0.15) is 5.10 Å². The zero-order valence-corrected chi connectivity index (χ0v) is 17.9. The summed E-state index contributed by atoms with van der Waals surface area (Å²) in [5.74, 6) is 0.795. The van der Waals surface area contributed by atoms with Crippen LogP contribution in [0.5, 0.6) is 0 Å². The highest BCUT2D eigenvalue weighted by molar-refractivity contribution is 5.79. The second-order valence-corrected chi connectivity index (χ2v) is 10.3. The maximum atomic E-state index is 4.97. The molecule has 1 aromatic carbocycles. The summed E-state index contributed by atoms with van der Waals surface area (Å²) >= 11 is 0. The SMILES string of the molecule is CC1CCC(c2ccc3nn(C4CC(C)(C)N(C)C(C)(C)C4)cc3c2)NC1. The van der Waals surface area contributed by atoms with Crippen LogP contribution in [-0.2, 0) is 0 Å². The van der Waals surface area contributed by atoms with Gasteiger partial charge in [-0.25, -0.2) is 0 Å². The Labute approximate surface area is 164 Å². The number of hydrogen-bond acceptors (Lipinski definition) is 3. The number of nitrogens with one attached hydrogen (secondary N) is 1. The van der Waals surface area contributed by atoms with Gasteiger partial charge in [-0.1, -0.05) is 13.0 Å². The van der Waals surface area contributed by atoms with Crippen LogP contribution in [0.25, 0.3) is 10.9 Å². The summed E-state index contributed by atoms with van der Waals surface area (Å²) in [7, 11) is 2.26. The van der Waals surface area contributed by atoms with E-state index in [1.165, 1.54) is 23.8 Å². The van der Waals surface area contributed by atoms with Gasteiger partial charge in [-0.15, -0.1) is 0 Å². The van der Waals surface area contributed by atoms with Crippen LogP contribution >= 0.6 is 0 Å². The van der Waals surface area contributed by atoms with E-state index in [0.717, 1.165) is 30.8 Å². The molecule has 4 nitrogen and oxygen atoms in total. The molecule has 2 aliphatic heterocycles. The zero-order chi connectivity index (χ0) is 19.4. The van der Waals surface area contributed by atoms with Gasteiger partial charge >= 0.3 is 0 Å². The molecule has 0 saturated carbocycles. The molecule has 0 radical (unpaired) electrons. The predicted molar refractivity (Wildman–Crippen MR) is 113 cm³/mol. The average Bonchev–Trinajstić information content (AvgIpc) is 3.03. The van der Waals surface area contributed by atoms with Crippen LogP contribution in [0.15, 0.2) is 24.4 Å². The molecular weight excluding hydrogens is 332 g/mol. The summed E-state index contributed by atoms with van der Waals surface area (Å²) in [6.07, 6.45) is 7.10. The van der Waals surface area contributed by atoms with Gasteiger partial charge in [0, 0.05) is 28.7 Å². The molecule has 0 amide bonds. The minimum Gasteiger partial charge on any atom is -0.310 e. The minimum absolute atomic E-state index is 0.179. The number of nitrogens with zero attached hydrogens (tertiary/aromatic N) is 3. The van der Waals surface area contributed by atoms with E-state index in [4.69, 9.17) is 5.10 Å². The molecular formula is C23H36N4. The Bertz CT molecular complexity index is 793. The lowest BCUT2D eigenvalue weighted by molar-refractivity contribution is -0.0284. The standard InChI is InChI=1S/C23H36N4/c1-16-7-9-20(24-14-16)17-8-10-21-18(11-17)15-27(25-21)19-12-22(2,3)26(6)23(4,5)13-19/h8,10-11,15-16,19-20,24H,7,9,12-14H2,1-6H3. The number of rotatable bonds is 2. The molecule has 2 fully saturated rings. The molecule has 4 rings (SSSR count). The summed E-state index contributed by atoms with van der Waals surface area (Å²) in [6.45, 7) is 12.9. The number of aromatic nitrogens is 2. The van der Waals surface area contributed by atoms with Crippen LogP contribution in [0.3, 0.4) is 0 Å². The lowest BCUT2D eigenvalue weighted by Gasteiger charge is -2.53. The van der Waals surface area contributed by atoms with Crippen molar-refractivity contribution >= 4 is 10.9 Å². The lowest BCUT2D eigenvalue weighted by atomic mass is 9.77. The Kier molecular flexibility index (Phi) is 4.63. The van der Waals surface area contributed by atoms with Crippen molar-refractivity contribution < 1.29 is 0 Å². The van der Waals surface area contributed by atoms with Crippen LogP contribution in [-0.4, -0.2) is 39.4 Å². The van der Waals surface area contributed by atoms with Crippen molar-refractivity contribution in [3.05, 3.63) is 30.0 Å². The van der Waals surface area contributed by atoms with E-state index in [2.05, 4.69) is 81.0 Å². The van der Waals surface area contributed by atoms with Gasteiger partial charge in [0.15, 0.2) is 0 Å². The summed E-state index contributed by atoms with van der Waals surface area (Å²) in [6, 6.07) is 7.80. The largest absolute Gasteiger partial charge is 0.310 e. The van der Waals surface area contributed by atoms with Crippen molar-refractivity contribution in [2.75, 3.05) is 13.6 Å². The molecule has 2 atom stereocenters. The Balaban J connectivity index is 1.60. The van der Waals surface area contributed by atoms with Crippen LogP contribution in [0.4, 0.5) is 0 Å². The van der Waals surface area contributed by atoms with Crippen molar-refractivity contribution in [1.82, 2.24) is 20.0 Å². The van der Waals surface area contributed by atoms with Gasteiger partial charge in [0.25, 0.3) is 0 Å². The predicted octanol–water partition coefficient (Wildman–Crippen LogP) is 4.92. The minimum atomic E-state index is 0.179. The van der Waals surface area contributed by atoms with Crippen molar-refractivity contribution in [2.45, 2.75) is 83.5 Å². The van der Waals surface area contributed by atoms with Crippen molar-refractivity contribution in [1.29, 1.82) is 0 Å². The van der Waals surface area contributed by atoms with E-state index in [1.807, 2.05) is 0 Å². The molecule has 0 spiro atoms. The van der Waals surface area contributed by atoms with E-state index in [9.17, 15) is 0 Å². The number of piperidine rings is 2. The molecule has 0 bridgehead atoms. The molecule has 2 aliphatic rings. The summed E-state index contributed by atoms with van der Waals surface area (Å²) in [5, 5.41) is 9.96. The molecule has 0 aliphatic carbocycles. The molecule has 2 aromatic rings. The average molecular weight is 369 g/mol. The Morgan fingerprint density at radius 1 is 1.07 bits per heavy atom. The first-order valence-corrected chi connectivity index (χ1v) is 10.6. The monoisotopic (exact) mass is 368 g/mol. The fraction of sp³-hybridized carbons (Fsp3) is 0.696. The van der Waals surface area contributed by atoms with Crippen molar-refractivity contribution in [3.8, 4) is 0 Å². The summed E-state index contributed by atoms with van der Waals surface area (Å²) in [5.41, 5.74) is 2.90. The van der Waals surface area contributed by atoms with Crippen LogP contribution < -0.4 is 5.32 Å². The van der Waals surface area contributed by atoms with Gasteiger partial charge in [0.05, 0.1) is 11.6 Å². The van der Waals surface area contributed by atoms with Crippen molar-refractivity contribution in [2.24, 2.45) is 5.92 Å². The van der Waals surface area contributed by atoms with E-state index in [-0.39, 0.29) is 11.1 Å². The molecule has 2 saturated heterocycles. The lowest BCUT2D eigenvalue weighted by Crippen LogP contribution is -2.58. The Morgan fingerprint density at radius 2 is 1.78 bits per heavy atom. The molecule has 1 N–H and O–H groups in total. The fourth-order valence-electron chi connectivity index (χ4n) is 5.26. The van der Waals surface area contributed by atoms with Gasteiger partial charge in [0.2, 0.25) is 0 Å². The topological polar surface area (TPSA) is 33.1 Å². The van der Waals surface area contributed by atoms with Crippen LogP contribution in [0, 0.1) is 5.92 Å². The summed E-state index contributed by atoms with van der Waals surface area (Å²) < 4.78 is 2.25. The second-order valence-electron chi connectivity index (χ2n) is 10.3. The van der Waals surface area contributed by atoms with E-state index < -0.39 is 0 Å². The first-order valence-electron chi connectivity index (χ1n) is 10.6. The zero-order valence-electron chi connectivity index (χ0n) is 17.9. The maximum absolute atomic E-state index is 4.97. The highest BCUT2D eigenvalue weighted by atomic mass is 15.3. The fourth-order valence-corrected chi connectivity index (χ4v) is 5.26. The molecule has 3 heterocycles. The quantitative estimate of drug-likeness (QED) is 0.817. The molecule has 148 valence electrons. The molecule has 27 heavy (non-hydrogen) atoms. The first-order chi connectivity index (χ1) is 12.7. The summed E-state index contributed by atoms with van der Waals surface area (Å²) in [4.78, 5) is 2.54. The van der Waals surface area contributed by atoms with Gasteiger partial charge in [0.1, 0.15) is 0 Å². The van der Waals surface area contributed by atoms with Crippen LogP contribution in [0.1, 0.15) is 77.9 Å². The smallest absolute Gasteiger partial charge is 0.0923 e. The number of benzene rings is 1. The van der Waals surface area contributed by atoms with Gasteiger partial charge < -0.3 is 5.32 Å². The van der Waals surface area contributed by atoms with Gasteiger partial charge in [-0.3, -0.25) is 9.58 Å². The van der Waals surface area contributed by atoms with E-state index in [0.29, 0.717) is 12.1 Å². The third kappa shape index (κ3) is 3.54.